The van der Waals surface area contributed by atoms with Crippen LogP contribution in [0.5, 0.6) is 0 Å². The van der Waals surface area contributed by atoms with Crippen LogP contribution in [0.2, 0.25) is 0 Å². The van der Waals surface area contributed by atoms with E-state index in [1.165, 1.54) is 0 Å². The van der Waals surface area contributed by atoms with Gasteiger partial charge in [0.2, 0.25) is 0 Å². The molecule has 0 N–H and O–H groups in total. The number of amides is 3. The zero-order valence-corrected chi connectivity index (χ0v) is 50.9. The van der Waals surface area contributed by atoms with Crippen molar-refractivity contribution in [3.8, 4) is 67.5 Å². The van der Waals surface area contributed by atoms with Crippen LogP contribution in [-0.4, -0.2) is 62.3 Å². The molecule has 12 heteroatoms. The maximum atomic E-state index is 14.4. The Morgan fingerprint density at radius 2 is 0.462 bits per heavy atom. The number of carbonyl (C=O) groups excluding carboxylic acids is 3. The van der Waals surface area contributed by atoms with E-state index in [1.807, 2.05) is 197 Å². The lowest BCUT2D eigenvalue weighted by molar-refractivity contribution is 0.0723. The van der Waals surface area contributed by atoms with Gasteiger partial charge in [0, 0.05) is 76.4 Å². The van der Waals surface area contributed by atoms with Crippen molar-refractivity contribution in [2.45, 2.75) is 39.3 Å². The van der Waals surface area contributed by atoms with Gasteiger partial charge in [-0.3, -0.25) is 44.3 Å². The highest BCUT2D eigenvalue weighted by Gasteiger charge is 2.22. The van der Waals surface area contributed by atoms with E-state index in [-0.39, 0.29) is 17.7 Å². The van der Waals surface area contributed by atoms with Gasteiger partial charge in [-0.2, -0.15) is 0 Å². The van der Waals surface area contributed by atoms with Gasteiger partial charge < -0.3 is 14.7 Å². The second-order valence-electron chi connectivity index (χ2n) is 22.8. The molecule has 0 spiro atoms. The van der Waals surface area contributed by atoms with Crippen molar-refractivity contribution in [1.29, 1.82) is 0 Å². The van der Waals surface area contributed by atoms with Gasteiger partial charge in [0.1, 0.15) is 0 Å². The molecule has 6 aromatic heterocycles. The maximum Gasteiger partial charge on any atom is 0.256 e. The third-order valence-corrected chi connectivity index (χ3v) is 16.2. The first-order valence-electron chi connectivity index (χ1n) is 30.8. The van der Waals surface area contributed by atoms with Crippen LogP contribution in [0.25, 0.3) is 67.5 Å². The van der Waals surface area contributed by atoms with E-state index in [2.05, 4.69) is 121 Å². The second-order valence-corrected chi connectivity index (χ2v) is 22.8. The van der Waals surface area contributed by atoms with Crippen LogP contribution in [0.15, 0.2) is 310 Å². The first-order chi connectivity index (χ1) is 45.8. The minimum absolute atomic E-state index is 0.128. The molecule has 0 fully saturated rings. The van der Waals surface area contributed by atoms with Gasteiger partial charge in [-0.05, 0) is 158 Å². The molecule has 0 unspecified atom stereocenters. The Hall–Kier alpha value is -12.2. The molecule has 3 amide bonds. The normalized spacial score (nSPS) is 11.0. The molecular weight excluding hydrogens is 1150 g/mol. The van der Waals surface area contributed by atoms with Crippen molar-refractivity contribution in [2.75, 3.05) is 0 Å². The molecule has 6 heterocycles. The Morgan fingerprint density at radius 1 is 0.226 bits per heavy atom. The predicted octanol–water partition coefficient (Wildman–Crippen LogP) is 16.6. The van der Waals surface area contributed by atoms with Crippen molar-refractivity contribution in [3.05, 3.63) is 360 Å². The van der Waals surface area contributed by atoms with E-state index in [0.29, 0.717) is 73.0 Å². The van der Waals surface area contributed by atoms with Crippen LogP contribution >= 0.6 is 0 Å². The van der Waals surface area contributed by atoms with Crippen molar-refractivity contribution in [3.63, 3.8) is 0 Å². The summed E-state index contributed by atoms with van der Waals surface area (Å²) in [6.07, 6.45) is 10.1. The zero-order valence-electron chi connectivity index (χ0n) is 50.9. The molecule has 0 radical (unpaired) electrons. The lowest BCUT2D eigenvalue weighted by Gasteiger charge is -2.24. The summed E-state index contributed by atoms with van der Waals surface area (Å²) < 4.78 is 0. The summed E-state index contributed by atoms with van der Waals surface area (Å²) in [5.74, 6) is -0.385. The van der Waals surface area contributed by atoms with Crippen LogP contribution in [0.3, 0.4) is 0 Å². The van der Waals surface area contributed by atoms with Gasteiger partial charge in [0.25, 0.3) is 17.7 Å². The van der Waals surface area contributed by atoms with E-state index < -0.39 is 0 Å². The minimum atomic E-state index is -0.128. The smallest absolute Gasteiger partial charge is 0.256 e. The van der Waals surface area contributed by atoms with Crippen LogP contribution < -0.4 is 0 Å². The number of nitrogens with zero attached hydrogens (tertiary/aromatic N) is 9. The molecule has 0 atom stereocenters. The molecule has 12 nitrogen and oxygen atoms in total. The molecule has 13 aromatic rings. The summed E-state index contributed by atoms with van der Waals surface area (Å²) in [5.41, 5.74) is 17.7. The number of pyridine rings is 6. The van der Waals surface area contributed by atoms with Crippen LogP contribution in [-0.2, 0) is 39.3 Å². The van der Waals surface area contributed by atoms with Crippen LogP contribution in [0.4, 0.5) is 0 Å². The Bertz CT molecular complexity index is 4120. The summed E-state index contributed by atoms with van der Waals surface area (Å²) >= 11 is 0. The van der Waals surface area contributed by atoms with Gasteiger partial charge in [-0.25, -0.2) is 0 Å². The molecule has 0 aliphatic rings. The highest BCUT2D eigenvalue weighted by molar-refractivity contribution is 5.95. The molecule has 0 aliphatic carbocycles. The lowest BCUT2D eigenvalue weighted by atomic mass is 9.92. The maximum absolute atomic E-state index is 14.4. The van der Waals surface area contributed by atoms with Crippen molar-refractivity contribution in [2.24, 2.45) is 0 Å². The van der Waals surface area contributed by atoms with Gasteiger partial charge in [-0.1, -0.05) is 182 Å². The zero-order chi connectivity index (χ0) is 63.1. The Labute approximate surface area is 540 Å². The first kappa shape index (κ1) is 59.8. The average Bonchev–Trinajstić information content (AvgIpc) is 1.06. The van der Waals surface area contributed by atoms with Crippen molar-refractivity contribution in [1.82, 2.24) is 44.6 Å². The number of hydrogen-bond acceptors (Lipinski definition) is 9. The summed E-state index contributed by atoms with van der Waals surface area (Å²) in [6.45, 7) is 2.33. The molecule has 7 aromatic carbocycles. The molecule has 0 saturated carbocycles. The Kier molecular flexibility index (Phi) is 18.4. The SMILES string of the molecule is O=C(c1ccc(-c2ccccn2)nc1)N(Cc1ccccc1)Cc1ccc(-c2cc(-c3ccc(CN(Cc4ccccc4)C(=O)c4ccc(-c5ccccn5)nc4)cc3)cc(-c3ccc(CN(Cc4ccccc4)C(=O)c4ccc(-c5ccccn5)nc4)cc3)c2)cc1. The largest absolute Gasteiger partial charge is 0.330 e. The van der Waals surface area contributed by atoms with Crippen LogP contribution in [0, 0.1) is 0 Å². The second kappa shape index (κ2) is 28.6. The minimum Gasteiger partial charge on any atom is -0.330 e. The van der Waals surface area contributed by atoms with E-state index in [1.54, 1.807) is 37.2 Å². The monoisotopic (exact) mass is 1210 g/mol. The third kappa shape index (κ3) is 15.0. The van der Waals surface area contributed by atoms with Gasteiger partial charge in [-0.15, -0.1) is 0 Å². The number of carbonyl (C=O) groups is 3. The van der Waals surface area contributed by atoms with Gasteiger partial charge in [0.05, 0.1) is 50.9 Å². The van der Waals surface area contributed by atoms with E-state index >= 15 is 0 Å². The topological polar surface area (TPSA) is 138 Å². The first-order valence-corrected chi connectivity index (χ1v) is 30.8. The molecule has 450 valence electrons. The van der Waals surface area contributed by atoms with Crippen molar-refractivity contribution >= 4 is 17.7 Å². The van der Waals surface area contributed by atoms with Gasteiger partial charge >= 0.3 is 0 Å². The number of benzene rings is 7. The predicted molar refractivity (Wildman–Crippen MR) is 365 cm³/mol. The molecule has 0 aliphatic heterocycles. The molecular formula is C81H63N9O3. The summed E-state index contributed by atoms with van der Waals surface area (Å²) in [7, 11) is 0. The average molecular weight is 1210 g/mol. The third-order valence-electron chi connectivity index (χ3n) is 16.2. The highest BCUT2D eigenvalue weighted by Crippen LogP contribution is 2.35. The van der Waals surface area contributed by atoms with E-state index in [4.69, 9.17) is 0 Å². The summed E-state index contributed by atoms with van der Waals surface area (Å²) in [4.78, 5) is 76.1. The van der Waals surface area contributed by atoms with E-state index in [9.17, 15) is 14.4 Å². The van der Waals surface area contributed by atoms with E-state index in [0.717, 1.165) is 83.8 Å². The number of rotatable bonds is 21. The molecule has 0 bridgehead atoms. The van der Waals surface area contributed by atoms with Crippen molar-refractivity contribution < 1.29 is 14.4 Å². The fourth-order valence-corrected chi connectivity index (χ4v) is 11.3. The lowest BCUT2D eigenvalue weighted by Crippen LogP contribution is -2.30. The standard InChI is InChI=1S/C81H63N9O3/c91-79(67-37-40-76(85-49-67)73-22-10-13-43-82-73)88(52-58-16-4-1-5-17-58)55-61-25-31-64(32-26-61)70-46-71(65-33-27-62(28-34-65)56-89(53-59-18-6-2-7-19-59)80(92)68-38-41-77(86-50-68)74-23-11-14-44-83-74)48-72(47-70)66-35-29-63(30-36-66)57-90(54-60-20-8-3-9-21-60)81(93)69-39-42-78(87-51-69)75-24-12-15-45-84-75/h1-51H,52-57H2. The summed E-state index contributed by atoms with van der Waals surface area (Å²) in [6, 6.07) is 90.1. The quantitative estimate of drug-likeness (QED) is 0.0688. The fraction of sp³-hybridized carbons (Fsp3) is 0.0741. The Morgan fingerprint density at radius 3 is 0.688 bits per heavy atom. The van der Waals surface area contributed by atoms with Gasteiger partial charge in [0.15, 0.2) is 0 Å². The molecule has 93 heavy (non-hydrogen) atoms. The molecule has 13 rings (SSSR count). The fourth-order valence-electron chi connectivity index (χ4n) is 11.3. The highest BCUT2D eigenvalue weighted by atomic mass is 16.2. The molecule has 0 saturated heterocycles. The Balaban J connectivity index is 0.800. The van der Waals surface area contributed by atoms with Crippen LogP contribution in [0.1, 0.15) is 64.5 Å². The number of hydrogen-bond donors (Lipinski definition) is 0. The summed E-state index contributed by atoms with van der Waals surface area (Å²) in [5, 5.41) is 0. The number of aromatic nitrogens is 6.